The summed E-state index contributed by atoms with van der Waals surface area (Å²) in [6.07, 6.45) is 33.2. The summed E-state index contributed by atoms with van der Waals surface area (Å²) in [5.74, 6) is 0.278. The second-order valence-electron chi connectivity index (χ2n) is 13.1. The molecule has 0 heterocycles. The molecule has 0 fully saturated rings. The summed E-state index contributed by atoms with van der Waals surface area (Å²) in [6.45, 7) is 6.47. The Labute approximate surface area is 261 Å². The van der Waals surface area contributed by atoms with E-state index in [1.54, 1.807) is 0 Å². The van der Waals surface area contributed by atoms with Gasteiger partial charge in [0.15, 0.2) is 6.10 Å². The third-order valence-electron chi connectivity index (χ3n) is 8.33. The molecule has 0 aromatic carbocycles. The number of carbonyl (C=O) groups is 2. The van der Waals surface area contributed by atoms with Gasteiger partial charge in [0, 0.05) is 12.8 Å². The van der Waals surface area contributed by atoms with Gasteiger partial charge < -0.3 is 14.6 Å². The number of hydrogen-bond donors (Lipinski definition) is 1. The molecule has 0 aromatic heterocycles. The van der Waals surface area contributed by atoms with Crippen LogP contribution in [0.1, 0.15) is 201 Å². The van der Waals surface area contributed by atoms with Crippen molar-refractivity contribution in [3.63, 3.8) is 0 Å². The number of rotatable bonds is 33. The van der Waals surface area contributed by atoms with Crippen LogP contribution in [0.15, 0.2) is 0 Å². The summed E-state index contributed by atoms with van der Waals surface area (Å²) in [5, 5.41) is 9.47. The van der Waals surface area contributed by atoms with Crippen LogP contribution < -0.4 is 0 Å². The van der Waals surface area contributed by atoms with Crippen LogP contribution in [-0.2, 0) is 19.1 Å². The van der Waals surface area contributed by atoms with E-state index in [0.29, 0.717) is 12.8 Å². The van der Waals surface area contributed by atoms with Gasteiger partial charge in [-0.05, 0) is 18.8 Å². The lowest BCUT2D eigenvalue weighted by Crippen LogP contribution is -2.28. The van der Waals surface area contributed by atoms with Crippen LogP contribution in [-0.4, -0.2) is 36.4 Å². The highest BCUT2D eigenvalue weighted by molar-refractivity contribution is 5.70. The first kappa shape index (κ1) is 40.9. The zero-order chi connectivity index (χ0) is 30.9. The van der Waals surface area contributed by atoms with E-state index in [1.165, 1.54) is 135 Å². The molecular formula is C37H72O5. The molecule has 0 saturated heterocycles. The Balaban J connectivity index is 3.42. The molecule has 0 aliphatic heterocycles. The molecule has 0 radical (unpaired) electrons. The molecule has 0 aliphatic carbocycles. The van der Waals surface area contributed by atoms with Gasteiger partial charge in [-0.3, -0.25) is 9.59 Å². The molecule has 0 aromatic rings. The van der Waals surface area contributed by atoms with E-state index in [1.807, 2.05) is 0 Å². The van der Waals surface area contributed by atoms with Crippen molar-refractivity contribution >= 4 is 11.9 Å². The molecule has 42 heavy (non-hydrogen) atoms. The normalized spacial score (nSPS) is 12.1. The van der Waals surface area contributed by atoms with Crippen molar-refractivity contribution in [3.05, 3.63) is 0 Å². The van der Waals surface area contributed by atoms with Crippen LogP contribution in [0.3, 0.4) is 0 Å². The molecule has 5 nitrogen and oxygen atoms in total. The quantitative estimate of drug-likeness (QED) is 0.0602. The van der Waals surface area contributed by atoms with Gasteiger partial charge >= 0.3 is 11.9 Å². The molecule has 0 unspecified atom stereocenters. The summed E-state index contributed by atoms with van der Waals surface area (Å²) < 4.78 is 10.5. The second-order valence-corrected chi connectivity index (χ2v) is 13.1. The number of carbonyl (C=O) groups excluding carboxylic acids is 2. The van der Waals surface area contributed by atoms with Crippen molar-refractivity contribution in [2.24, 2.45) is 5.92 Å². The lowest BCUT2D eigenvalue weighted by atomic mass is 10.0. The topological polar surface area (TPSA) is 72.8 Å². The van der Waals surface area contributed by atoms with Crippen molar-refractivity contribution in [2.45, 2.75) is 207 Å². The lowest BCUT2D eigenvalue weighted by molar-refractivity contribution is -0.161. The van der Waals surface area contributed by atoms with Gasteiger partial charge in [-0.25, -0.2) is 0 Å². The Morgan fingerprint density at radius 1 is 0.524 bits per heavy atom. The van der Waals surface area contributed by atoms with Gasteiger partial charge in [0.2, 0.25) is 0 Å². The van der Waals surface area contributed by atoms with Crippen LogP contribution >= 0.6 is 0 Å². The number of hydrogen-bond acceptors (Lipinski definition) is 5. The predicted octanol–water partition coefficient (Wildman–Crippen LogP) is 11.0. The first-order valence-corrected chi connectivity index (χ1v) is 18.5. The fourth-order valence-corrected chi connectivity index (χ4v) is 5.50. The average Bonchev–Trinajstić information content (AvgIpc) is 2.97. The molecule has 5 heteroatoms. The zero-order valence-electron chi connectivity index (χ0n) is 28.4. The van der Waals surface area contributed by atoms with Crippen LogP contribution in [0.2, 0.25) is 0 Å². The Bertz CT molecular complexity index is 577. The smallest absolute Gasteiger partial charge is 0.306 e. The first-order valence-electron chi connectivity index (χ1n) is 18.5. The van der Waals surface area contributed by atoms with Gasteiger partial charge in [0.25, 0.3) is 0 Å². The Hall–Kier alpha value is -1.10. The Morgan fingerprint density at radius 2 is 0.881 bits per heavy atom. The van der Waals surface area contributed by atoms with Crippen LogP contribution in [0.5, 0.6) is 0 Å². The molecule has 0 rings (SSSR count). The van der Waals surface area contributed by atoms with Crippen molar-refractivity contribution in [1.29, 1.82) is 0 Å². The van der Waals surface area contributed by atoms with Gasteiger partial charge in [-0.2, -0.15) is 0 Å². The highest BCUT2D eigenvalue weighted by Crippen LogP contribution is 2.16. The third kappa shape index (κ3) is 31.8. The molecule has 0 bridgehead atoms. The minimum absolute atomic E-state index is 0.0588. The van der Waals surface area contributed by atoms with Crippen molar-refractivity contribution in [3.8, 4) is 0 Å². The van der Waals surface area contributed by atoms with Gasteiger partial charge in [0.1, 0.15) is 6.61 Å². The van der Waals surface area contributed by atoms with Gasteiger partial charge in [-0.15, -0.1) is 0 Å². The Kier molecular flexibility index (Phi) is 31.9. The van der Waals surface area contributed by atoms with E-state index < -0.39 is 6.10 Å². The number of aliphatic hydroxyl groups is 1. The highest BCUT2D eigenvalue weighted by atomic mass is 16.6. The lowest BCUT2D eigenvalue weighted by Gasteiger charge is -2.15. The molecule has 250 valence electrons. The van der Waals surface area contributed by atoms with E-state index in [4.69, 9.17) is 9.47 Å². The van der Waals surface area contributed by atoms with Crippen LogP contribution in [0.25, 0.3) is 0 Å². The molecule has 1 atom stereocenters. The van der Waals surface area contributed by atoms with Crippen molar-refractivity contribution in [2.75, 3.05) is 13.2 Å². The minimum Gasteiger partial charge on any atom is -0.462 e. The van der Waals surface area contributed by atoms with Gasteiger partial charge in [-0.1, -0.05) is 175 Å². The molecular weight excluding hydrogens is 524 g/mol. The van der Waals surface area contributed by atoms with E-state index in [-0.39, 0.29) is 25.2 Å². The maximum absolute atomic E-state index is 12.0. The predicted molar refractivity (Wildman–Crippen MR) is 178 cm³/mol. The number of aliphatic hydroxyl groups excluding tert-OH is 1. The average molecular weight is 597 g/mol. The van der Waals surface area contributed by atoms with Crippen molar-refractivity contribution in [1.82, 2.24) is 0 Å². The van der Waals surface area contributed by atoms with Crippen LogP contribution in [0, 0.1) is 5.92 Å². The van der Waals surface area contributed by atoms with E-state index in [9.17, 15) is 14.7 Å². The van der Waals surface area contributed by atoms with Crippen LogP contribution in [0.4, 0.5) is 0 Å². The molecule has 1 N–H and O–H groups in total. The highest BCUT2D eigenvalue weighted by Gasteiger charge is 2.16. The van der Waals surface area contributed by atoms with Gasteiger partial charge in [0.05, 0.1) is 6.61 Å². The summed E-state index contributed by atoms with van der Waals surface area (Å²) >= 11 is 0. The molecule has 0 saturated carbocycles. The summed E-state index contributed by atoms with van der Waals surface area (Å²) in [7, 11) is 0. The van der Waals surface area contributed by atoms with E-state index in [0.717, 1.165) is 38.0 Å². The number of ether oxygens (including phenoxy) is 2. The fraction of sp³-hybridized carbons (Fsp3) is 0.946. The largest absolute Gasteiger partial charge is 0.462 e. The maximum atomic E-state index is 12.0. The Morgan fingerprint density at radius 3 is 1.26 bits per heavy atom. The first-order chi connectivity index (χ1) is 20.5. The van der Waals surface area contributed by atoms with E-state index >= 15 is 0 Å². The zero-order valence-corrected chi connectivity index (χ0v) is 28.4. The summed E-state index contributed by atoms with van der Waals surface area (Å²) in [6, 6.07) is 0. The second kappa shape index (κ2) is 32.8. The monoisotopic (exact) mass is 597 g/mol. The standard InChI is InChI=1S/C37H72O5/c1-4-5-6-7-20-25-28-31-37(40)42-35(32-38)33-41-36(39)30-27-24-22-19-17-15-13-11-9-8-10-12-14-16-18-21-23-26-29-34(2)3/h34-35,38H,4-33H2,1-3H3/t35-/m0/s1. The SMILES string of the molecule is CCCCCCCCCC(=O)O[C@@H](CO)COC(=O)CCCCCCCCCCCCCCCCCCCCC(C)C. The summed E-state index contributed by atoms with van der Waals surface area (Å²) in [5.41, 5.74) is 0. The minimum atomic E-state index is -0.759. The number of unbranched alkanes of at least 4 members (excludes halogenated alkanes) is 23. The fourth-order valence-electron chi connectivity index (χ4n) is 5.50. The molecule has 0 aliphatic rings. The van der Waals surface area contributed by atoms with E-state index in [2.05, 4.69) is 20.8 Å². The maximum Gasteiger partial charge on any atom is 0.306 e. The third-order valence-corrected chi connectivity index (χ3v) is 8.33. The molecule has 0 amide bonds. The number of esters is 2. The molecule has 0 spiro atoms. The van der Waals surface area contributed by atoms with Crippen molar-refractivity contribution < 1.29 is 24.2 Å². The summed E-state index contributed by atoms with van der Waals surface area (Å²) in [4.78, 5) is 24.0.